The predicted octanol–water partition coefficient (Wildman–Crippen LogP) is 5.65. The van der Waals surface area contributed by atoms with E-state index in [4.69, 9.17) is 9.47 Å². The van der Waals surface area contributed by atoms with Crippen molar-refractivity contribution in [2.75, 3.05) is 6.61 Å². The molecule has 0 aromatic heterocycles. The molecule has 3 aromatic carbocycles. The maximum atomic E-state index is 12.9. The lowest BCUT2D eigenvalue weighted by Crippen LogP contribution is -2.50. The molecule has 0 spiro atoms. The van der Waals surface area contributed by atoms with Gasteiger partial charge in [-0.05, 0) is 41.2 Å². The summed E-state index contributed by atoms with van der Waals surface area (Å²) in [7, 11) is 0. The third-order valence-electron chi connectivity index (χ3n) is 7.41. The van der Waals surface area contributed by atoms with Crippen molar-refractivity contribution in [3.63, 3.8) is 0 Å². The minimum atomic E-state index is -1.23. The normalized spacial score (nSPS) is 14.3. The molecule has 0 bridgehead atoms. The Bertz CT molecular complexity index is 1280. The number of carbonyl (C=O) groups is 3. The van der Waals surface area contributed by atoms with E-state index in [2.05, 4.69) is 34.9 Å². The number of hydrogen-bond acceptors (Lipinski definition) is 5. The van der Waals surface area contributed by atoms with E-state index in [1.165, 1.54) is 0 Å². The summed E-state index contributed by atoms with van der Waals surface area (Å²) in [5.41, 5.74) is 5.43. The monoisotopic (exact) mass is 558 g/mol. The third kappa shape index (κ3) is 7.95. The van der Waals surface area contributed by atoms with Crippen LogP contribution in [0.4, 0.5) is 4.79 Å². The quantitative estimate of drug-likeness (QED) is 0.236. The van der Waals surface area contributed by atoms with E-state index in [1.807, 2.05) is 61.5 Å². The molecule has 0 radical (unpaired) electrons. The van der Waals surface area contributed by atoms with Gasteiger partial charge in [0.2, 0.25) is 5.91 Å². The molecular weight excluding hydrogens is 520 g/mol. The van der Waals surface area contributed by atoms with Crippen molar-refractivity contribution in [3.05, 3.63) is 95.6 Å². The number of nitrogens with one attached hydrogen (secondary N) is 2. The Balaban J connectivity index is 1.32. The zero-order valence-corrected chi connectivity index (χ0v) is 23.5. The molecule has 3 aromatic rings. The van der Waals surface area contributed by atoms with E-state index in [0.29, 0.717) is 6.42 Å². The predicted molar refractivity (Wildman–Crippen MR) is 156 cm³/mol. The van der Waals surface area contributed by atoms with Crippen molar-refractivity contribution in [2.45, 2.75) is 70.2 Å². The molecule has 8 nitrogen and oxygen atoms in total. The van der Waals surface area contributed by atoms with Gasteiger partial charge in [-0.1, -0.05) is 98.6 Å². The highest BCUT2D eigenvalue weighted by Gasteiger charge is 2.30. The van der Waals surface area contributed by atoms with E-state index in [0.717, 1.165) is 40.7 Å². The fourth-order valence-electron chi connectivity index (χ4n) is 5.22. The molecule has 8 heteroatoms. The Labute approximate surface area is 241 Å². The summed E-state index contributed by atoms with van der Waals surface area (Å²) in [5, 5.41) is 15.1. The SMILES string of the molecule is CCCCC(CC(=O)NC(C(=O)O)C(C)OCc1ccccc1)NC(=O)OCC1c2ccccc2-c2ccccc21. The average molecular weight is 559 g/mol. The van der Waals surface area contributed by atoms with E-state index >= 15 is 0 Å². The summed E-state index contributed by atoms with van der Waals surface area (Å²) in [6.45, 7) is 4.04. The van der Waals surface area contributed by atoms with Gasteiger partial charge in [0.25, 0.3) is 0 Å². The average Bonchev–Trinajstić information content (AvgIpc) is 3.30. The lowest BCUT2D eigenvalue weighted by molar-refractivity contribution is -0.146. The molecule has 3 N–H and O–H groups in total. The lowest BCUT2D eigenvalue weighted by atomic mass is 9.98. The first-order valence-electron chi connectivity index (χ1n) is 14.2. The van der Waals surface area contributed by atoms with Crippen LogP contribution in [0, 0.1) is 0 Å². The zero-order chi connectivity index (χ0) is 29.2. The molecule has 1 aliphatic rings. The van der Waals surface area contributed by atoms with Crippen LogP contribution in [0.15, 0.2) is 78.9 Å². The highest BCUT2D eigenvalue weighted by Crippen LogP contribution is 2.44. The second-order valence-corrected chi connectivity index (χ2v) is 10.4. The molecule has 1 aliphatic carbocycles. The third-order valence-corrected chi connectivity index (χ3v) is 7.41. The molecule has 216 valence electrons. The summed E-state index contributed by atoms with van der Waals surface area (Å²) in [5.74, 6) is -1.74. The fourth-order valence-corrected chi connectivity index (χ4v) is 5.22. The molecule has 0 heterocycles. The van der Waals surface area contributed by atoms with Gasteiger partial charge in [0.15, 0.2) is 6.04 Å². The van der Waals surface area contributed by atoms with Gasteiger partial charge in [0.05, 0.1) is 12.7 Å². The van der Waals surface area contributed by atoms with E-state index in [9.17, 15) is 19.5 Å². The Morgan fingerprint density at radius 1 is 0.878 bits per heavy atom. The van der Waals surface area contributed by atoms with Crippen LogP contribution in [-0.2, 0) is 25.7 Å². The van der Waals surface area contributed by atoms with Crippen LogP contribution in [-0.4, -0.2) is 47.9 Å². The van der Waals surface area contributed by atoms with E-state index in [1.54, 1.807) is 6.92 Å². The van der Waals surface area contributed by atoms with Gasteiger partial charge < -0.3 is 25.2 Å². The fraction of sp³-hybridized carbons (Fsp3) is 0.364. The van der Waals surface area contributed by atoms with Gasteiger partial charge in [0.1, 0.15) is 6.61 Å². The lowest BCUT2D eigenvalue weighted by Gasteiger charge is -2.24. The molecule has 41 heavy (non-hydrogen) atoms. The number of benzene rings is 3. The number of carbonyl (C=O) groups excluding carboxylic acids is 2. The number of ether oxygens (including phenoxy) is 2. The highest BCUT2D eigenvalue weighted by molar-refractivity contribution is 5.84. The van der Waals surface area contributed by atoms with Gasteiger partial charge in [0, 0.05) is 18.4 Å². The van der Waals surface area contributed by atoms with Crippen molar-refractivity contribution in [3.8, 4) is 11.1 Å². The Morgan fingerprint density at radius 2 is 1.49 bits per heavy atom. The standard InChI is InChI=1S/C33H38N2O6/c1-3-4-14-24(19-30(36)35-31(32(37)38)22(2)40-20-23-12-6-5-7-13-23)34-33(39)41-21-29-27-17-10-8-15-25(27)26-16-9-11-18-28(26)29/h5-13,15-18,22,24,29,31H,3-4,14,19-21H2,1-2H3,(H,34,39)(H,35,36)(H,37,38). The molecule has 3 atom stereocenters. The van der Waals surface area contributed by atoms with Gasteiger partial charge in [-0.25, -0.2) is 9.59 Å². The highest BCUT2D eigenvalue weighted by atomic mass is 16.5. The van der Waals surface area contributed by atoms with Crippen LogP contribution >= 0.6 is 0 Å². The summed E-state index contributed by atoms with van der Waals surface area (Å²) < 4.78 is 11.4. The maximum absolute atomic E-state index is 12.9. The largest absolute Gasteiger partial charge is 0.480 e. The van der Waals surface area contributed by atoms with Crippen LogP contribution in [0.2, 0.25) is 0 Å². The van der Waals surface area contributed by atoms with E-state index in [-0.39, 0.29) is 25.6 Å². The molecule has 0 aliphatic heterocycles. The van der Waals surface area contributed by atoms with Gasteiger partial charge in [-0.15, -0.1) is 0 Å². The molecule has 4 rings (SSSR count). The van der Waals surface area contributed by atoms with Crippen molar-refractivity contribution in [2.24, 2.45) is 0 Å². The Kier molecular flexibility index (Phi) is 10.5. The van der Waals surface area contributed by atoms with Crippen molar-refractivity contribution in [1.29, 1.82) is 0 Å². The summed E-state index contributed by atoms with van der Waals surface area (Å²) in [6, 6.07) is 23.9. The number of alkyl carbamates (subject to hydrolysis) is 1. The zero-order valence-electron chi connectivity index (χ0n) is 23.5. The number of fused-ring (bicyclic) bond motifs is 3. The number of carboxylic acids is 1. The first kappa shape index (κ1) is 29.8. The van der Waals surface area contributed by atoms with Crippen LogP contribution in [0.3, 0.4) is 0 Å². The molecule has 0 saturated carbocycles. The maximum Gasteiger partial charge on any atom is 0.407 e. The molecule has 0 fully saturated rings. The Hall–Kier alpha value is -4.17. The van der Waals surface area contributed by atoms with E-state index < -0.39 is 36.2 Å². The van der Waals surface area contributed by atoms with Crippen molar-refractivity contribution in [1.82, 2.24) is 10.6 Å². The second-order valence-electron chi connectivity index (χ2n) is 10.4. The van der Waals surface area contributed by atoms with Crippen LogP contribution in [0.25, 0.3) is 11.1 Å². The minimum Gasteiger partial charge on any atom is -0.480 e. The molecule has 0 saturated heterocycles. The van der Waals surface area contributed by atoms with Crippen molar-refractivity contribution < 1.29 is 29.0 Å². The van der Waals surface area contributed by atoms with Crippen molar-refractivity contribution >= 4 is 18.0 Å². The second kappa shape index (κ2) is 14.5. The first-order valence-corrected chi connectivity index (χ1v) is 14.2. The number of rotatable bonds is 14. The summed E-state index contributed by atoms with van der Waals surface area (Å²) in [6.07, 6.45) is 0.800. The number of carboxylic acid groups (broad SMARTS) is 1. The first-order chi connectivity index (χ1) is 19.9. The molecule has 2 amide bonds. The molecular formula is C33H38N2O6. The number of aliphatic carboxylic acids is 1. The van der Waals surface area contributed by atoms with Gasteiger partial charge >= 0.3 is 12.1 Å². The number of unbranched alkanes of at least 4 members (excludes halogenated alkanes) is 1. The summed E-state index contributed by atoms with van der Waals surface area (Å²) in [4.78, 5) is 37.7. The summed E-state index contributed by atoms with van der Waals surface area (Å²) >= 11 is 0. The van der Waals surface area contributed by atoms with Crippen LogP contribution in [0.5, 0.6) is 0 Å². The van der Waals surface area contributed by atoms with Gasteiger partial charge in [-0.2, -0.15) is 0 Å². The number of amides is 2. The smallest absolute Gasteiger partial charge is 0.407 e. The Morgan fingerprint density at radius 3 is 2.10 bits per heavy atom. The minimum absolute atomic E-state index is 0.0701. The number of hydrogen-bond donors (Lipinski definition) is 3. The van der Waals surface area contributed by atoms with Crippen LogP contribution in [0.1, 0.15) is 62.1 Å². The topological polar surface area (TPSA) is 114 Å². The van der Waals surface area contributed by atoms with Crippen LogP contribution < -0.4 is 10.6 Å². The molecule has 3 unspecified atom stereocenters. The van der Waals surface area contributed by atoms with Gasteiger partial charge in [-0.3, -0.25) is 4.79 Å².